The molecule has 0 fully saturated rings. The number of nitrogens with two attached hydrogens (primary N) is 1. The maximum absolute atomic E-state index is 6.32. The van der Waals surface area contributed by atoms with Crippen molar-refractivity contribution in [1.29, 1.82) is 0 Å². The van der Waals surface area contributed by atoms with E-state index in [1.807, 2.05) is 18.2 Å². The smallest absolute Gasteiger partial charge is 0.111 e. The van der Waals surface area contributed by atoms with Crippen LogP contribution in [0.3, 0.4) is 0 Å². The highest BCUT2D eigenvalue weighted by atomic mass is 35.5. The summed E-state index contributed by atoms with van der Waals surface area (Å²) in [4.78, 5) is 4.74. The molecule has 0 radical (unpaired) electrons. The largest absolute Gasteiger partial charge is 0.328 e. The van der Waals surface area contributed by atoms with E-state index in [2.05, 4.69) is 32.3 Å². The first-order valence-electron chi connectivity index (χ1n) is 7.23. The summed E-state index contributed by atoms with van der Waals surface area (Å²) in [6.45, 7) is 9.64. The molecular formula is C16H24ClN3. The van der Waals surface area contributed by atoms with Crippen molar-refractivity contribution in [3.63, 3.8) is 0 Å². The van der Waals surface area contributed by atoms with E-state index < -0.39 is 0 Å². The lowest BCUT2D eigenvalue weighted by Gasteiger charge is -2.27. The normalized spacial score (nSPS) is 13.9. The Bertz CT molecular complexity index is 596. The number of fused-ring (bicyclic) bond motifs is 1. The van der Waals surface area contributed by atoms with Gasteiger partial charge in [0.2, 0.25) is 0 Å². The summed E-state index contributed by atoms with van der Waals surface area (Å²) in [5.41, 5.74) is 8.50. The molecule has 0 aliphatic carbocycles. The van der Waals surface area contributed by atoms with Crippen LogP contribution in [0.5, 0.6) is 0 Å². The third-order valence-electron chi connectivity index (χ3n) is 3.75. The lowest BCUT2D eigenvalue weighted by Crippen LogP contribution is -2.37. The van der Waals surface area contributed by atoms with Crippen molar-refractivity contribution >= 4 is 22.6 Å². The van der Waals surface area contributed by atoms with Crippen LogP contribution in [0.1, 0.15) is 39.9 Å². The van der Waals surface area contributed by atoms with Crippen molar-refractivity contribution in [2.45, 2.75) is 53.1 Å². The molecule has 0 bridgehead atoms. The van der Waals surface area contributed by atoms with E-state index >= 15 is 0 Å². The Labute approximate surface area is 126 Å². The Balaban J connectivity index is 2.43. The first-order chi connectivity index (χ1) is 9.32. The average Bonchev–Trinajstić information content (AvgIpc) is 2.66. The van der Waals surface area contributed by atoms with Gasteiger partial charge in [0.15, 0.2) is 0 Å². The van der Waals surface area contributed by atoms with Gasteiger partial charge >= 0.3 is 0 Å². The second-order valence-corrected chi connectivity index (χ2v) is 6.93. The molecule has 0 saturated heterocycles. The third-order valence-corrected chi connectivity index (χ3v) is 3.99. The fraction of sp³-hybridized carbons (Fsp3) is 0.562. The van der Waals surface area contributed by atoms with E-state index in [0.717, 1.165) is 41.3 Å². The van der Waals surface area contributed by atoms with Crippen LogP contribution in [0.25, 0.3) is 11.0 Å². The van der Waals surface area contributed by atoms with Crippen molar-refractivity contribution in [2.24, 2.45) is 11.1 Å². The maximum atomic E-state index is 6.32. The lowest BCUT2D eigenvalue weighted by atomic mass is 9.85. The first-order valence-corrected chi connectivity index (χ1v) is 7.61. The van der Waals surface area contributed by atoms with Crippen LogP contribution in [0, 0.1) is 5.41 Å². The second kappa shape index (κ2) is 5.74. The number of nitrogens with zero attached hydrogens (tertiary/aromatic N) is 2. The van der Waals surface area contributed by atoms with Gasteiger partial charge in [-0.3, -0.25) is 0 Å². The number of hydrogen-bond donors (Lipinski definition) is 1. The molecule has 20 heavy (non-hydrogen) atoms. The zero-order valence-electron chi connectivity index (χ0n) is 12.8. The molecule has 3 nitrogen and oxygen atoms in total. The molecule has 2 rings (SSSR count). The predicted octanol–water partition coefficient (Wildman–Crippen LogP) is 4.02. The zero-order valence-corrected chi connectivity index (χ0v) is 13.5. The van der Waals surface area contributed by atoms with E-state index in [1.54, 1.807) is 0 Å². The number of halogens is 1. The van der Waals surface area contributed by atoms with Crippen LogP contribution in [-0.4, -0.2) is 15.6 Å². The van der Waals surface area contributed by atoms with E-state index in [4.69, 9.17) is 22.3 Å². The van der Waals surface area contributed by atoms with Crippen LogP contribution in [0.15, 0.2) is 18.2 Å². The molecule has 2 aromatic rings. The molecule has 0 amide bonds. The maximum Gasteiger partial charge on any atom is 0.111 e. The average molecular weight is 294 g/mol. The van der Waals surface area contributed by atoms with Gasteiger partial charge in [0.1, 0.15) is 5.82 Å². The Hall–Kier alpha value is -1.06. The highest BCUT2D eigenvalue weighted by Gasteiger charge is 2.23. The fourth-order valence-corrected chi connectivity index (χ4v) is 2.45. The quantitative estimate of drug-likeness (QED) is 0.925. The Kier molecular flexibility index (Phi) is 4.40. The van der Waals surface area contributed by atoms with Gasteiger partial charge in [0.05, 0.1) is 11.0 Å². The summed E-state index contributed by atoms with van der Waals surface area (Å²) < 4.78 is 2.28. The highest BCUT2D eigenvalue weighted by molar-refractivity contribution is 6.31. The first kappa shape index (κ1) is 15.3. The van der Waals surface area contributed by atoms with Gasteiger partial charge in [-0.05, 0) is 30.0 Å². The van der Waals surface area contributed by atoms with Gasteiger partial charge in [-0.1, -0.05) is 39.3 Å². The van der Waals surface area contributed by atoms with Gasteiger partial charge in [-0.15, -0.1) is 0 Å². The van der Waals surface area contributed by atoms with Gasteiger partial charge in [-0.25, -0.2) is 4.98 Å². The van der Waals surface area contributed by atoms with Crippen LogP contribution >= 0.6 is 11.6 Å². The lowest BCUT2D eigenvalue weighted by molar-refractivity contribution is 0.312. The monoisotopic (exact) mass is 293 g/mol. The molecule has 1 aromatic carbocycles. The minimum atomic E-state index is 0.0762. The molecule has 4 heteroatoms. The Morgan fingerprint density at radius 2 is 2.05 bits per heavy atom. The van der Waals surface area contributed by atoms with Gasteiger partial charge < -0.3 is 10.3 Å². The number of benzene rings is 1. The number of aromatic nitrogens is 2. The van der Waals surface area contributed by atoms with Crippen molar-refractivity contribution in [3.8, 4) is 0 Å². The molecule has 0 saturated carbocycles. The SMILES string of the molecule is CCCn1c(CC(N)C(C)(C)C)nc2cc(Cl)ccc21. The molecule has 0 aliphatic heterocycles. The summed E-state index contributed by atoms with van der Waals surface area (Å²) in [7, 11) is 0. The van der Waals surface area contributed by atoms with E-state index in [0.29, 0.717) is 0 Å². The number of rotatable bonds is 4. The second-order valence-electron chi connectivity index (χ2n) is 6.49. The van der Waals surface area contributed by atoms with E-state index in [1.165, 1.54) is 0 Å². The molecule has 2 N–H and O–H groups in total. The number of hydrogen-bond acceptors (Lipinski definition) is 2. The molecule has 1 aromatic heterocycles. The van der Waals surface area contributed by atoms with Gasteiger partial charge in [-0.2, -0.15) is 0 Å². The van der Waals surface area contributed by atoms with E-state index in [-0.39, 0.29) is 11.5 Å². The Morgan fingerprint density at radius 3 is 2.65 bits per heavy atom. The van der Waals surface area contributed by atoms with E-state index in [9.17, 15) is 0 Å². The van der Waals surface area contributed by atoms with Gasteiger partial charge in [0, 0.05) is 24.0 Å². The van der Waals surface area contributed by atoms with Crippen LogP contribution in [0.2, 0.25) is 5.02 Å². The molecule has 1 heterocycles. The predicted molar refractivity (Wildman–Crippen MR) is 86.2 cm³/mol. The summed E-state index contributed by atoms with van der Waals surface area (Å²) in [5.74, 6) is 1.06. The molecule has 1 unspecified atom stereocenters. The zero-order chi connectivity index (χ0) is 14.9. The summed E-state index contributed by atoms with van der Waals surface area (Å²) >= 11 is 6.06. The minimum Gasteiger partial charge on any atom is -0.328 e. The molecule has 110 valence electrons. The van der Waals surface area contributed by atoms with Crippen molar-refractivity contribution < 1.29 is 0 Å². The fourth-order valence-electron chi connectivity index (χ4n) is 2.28. The van der Waals surface area contributed by atoms with Crippen LogP contribution in [-0.2, 0) is 13.0 Å². The Morgan fingerprint density at radius 1 is 1.35 bits per heavy atom. The van der Waals surface area contributed by atoms with Gasteiger partial charge in [0.25, 0.3) is 0 Å². The molecule has 1 atom stereocenters. The van der Waals surface area contributed by atoms with Crippen LogP contribution < -0.4 is 5.73 Å². The number of imidazole rings is 1. The standard InChI is InChI=1S/C16H24ClN3/c1-5-8-20-13-7-6-11(17)9-12(13)19-15(20)10-14(18)16(2,3)4/h6-7,9,14H,5,8,10,18H2,1-4H3. The van der Waals surface area contributed by atoms with Crippen molar-refractivity contribution in [3.05, 3.63) is 29.0 Å². The summed E-state index contributed by atoms with van der Waals surface area (Å²) in [6.07, 6.45) is 1.86. The molecule has 0 aliphatic rings. The van der Waals surface area contributed by atoms with Crippen molar-refractivity contribution in [1.82, 2.24) is 9.55 Å². The summed E-state index contributed by atoms with van der Waals surface area (Å²) in [5, 5.41) is 0.727. The summed E-state index contributed by atoms with van der Waals surface area (Å²) in [6, 6.07) is 5.98. The molecule has 0 spiro atoms. The highest BCUT2D eigenvalue weighted by Crippen LogP contribution is 2.25. The third kappa shape index (κ3) is 3.15. The minimum absolute atomic E-state index is 0.0762. The number of aryl methyl sites for hydroxylation is 1. The molecular weight excluding hydrogens is 270 g/mol. The van der Waals surface area contributed by atoms with Crippen molar-refractivity contribution in [2.75, 3.05) is 0 Å². The van der Waals surface area contributed by atoms with Crippen LogP contribution in [0.4, 0.5) is 0 Å². The topological polar surface area (TPSA) is 43.8 Å².